The molecule has 4 heterocycles. The maximum Gasteiger partial charge on any atom is 0.152 e. The minimum atomic E-state index is -0.420. The minimum Gasteiger partial charge on any atom is -0.357 e. The monoisotopic (exact) mass is 449 g/mol. The number of allylic oxidation sites excluding steroid dienone is 2. The summed E-state index contributed by atoms with van der Waals surface area (Å²) in [6.45, 7) is 5.37. The van der Waals surface area contributed by atoms with Crippen LogP contribution in [0.2, 0.25) is 0 Å². The van der Waals surface area contributed by atoms with Crippen LogP contribution in [0.4, 0.5) is 4.39 Å². The number of pyridine rings is 1. The third-order valence-corrected chi connectivity index (χ3v) is 6.08. The van der Waals surface area contributed by atoms with E-state index >= 15 is 0 Å². The molecule has 9 nitrogen and oxygen atoms in total. The van der Waals surface area contributed by atoms with Gasteiger partial charge in [0.25, 0.3) is 0 Å². The molecule has 0 saturated carbocycles. The SMILES string of the molecule is C[C@H]1CN(C2(C)C=C(C=O)C(n3nccn3)=CC2)[C@H](Cn2cc(-c3ccc(F)cn3)cn2)O1. The van der Waals surface area contributed by atoms with Crippen molar-refractivity contribution < 1.29 is 13.9 Å². The van der Waals surface area contributed by atoms with Gasteiger partial charge in [-0.1, -0.05) is 12.2 Å². The molecule has 3 aromatic heterocycles. The highest BCUT2D eigenvalue weighted by molar-refractivity contribution is 5.93. The van der Waals surface area contributed by atoms with Crippen molar-refractivity contribution in [2.45, 2.75) is 44.7 Å². The molecule has 0 N–H and O–H groups in total. The van der Waals surface area contributed by atoms with E-state index in [9.17, 15) is 9.18 Å². The summed E-state index contributed by atoms with van der Waals surface area (Å²) < 4.78 is 21.2. The average Bonchev–Trinajstić information content (AvgIpc) is 3.56. The Morgan fingerprint density at radius 3 is 2.79 bits per heavy atom. The summed E-state index contributed by atoms with van der Waals surface area (Å²) in [4.78, 5) is 19.7. The largest absolute Gasteiger partial charge is 0.357 e. The van der Waals surface area contributed by atoms with Gasteiger partial charge in [-0.15, -0.1) is 0 Å². The zero-order chi connectivity index (χ0) is 23.0. The summed E-state index contributed by atoms with van der Waals surface area (Å²) in [5.74, 6) is -0.376. The van der Waals surface area contributed by atoms with Crippen molar-refractivity contribution in [3.63, 3.8) is 0 Å². The van der Waals surface area contributed by atoms with Gasteiger partial charge < -0.3 is 4.74 Å². The molecule has 33 heavy (non-hydrogen) atoms. The van der Waals surface area contributed by atoms with Crippen LogP contribution in [0.15, 0.2) is 60.8 Å². The Bertz CT molecular complexity index is 1200. The van der Waals surface area contributed by atoms with Gasteiger partial charge in [-0.25, -0.2) is 4.39 Å². The molecule has 0 amide bonds. The van der Waals surface area contributed by atoms with E-state index in [-0.39, 0.29) is 18.1 Å². The lowest BCUT2D eigenvalue weighted by Crippen LogP contribution is -2.50. The molecule has 0 aromatic carbocycles. The van der Waals surface area contributed by atoms with Crippen molar-refractivity contribution in [1.29, 1.82) is 0 Å². The van der Waals surface area contributed by atoms with Gasteiger partial charge in [0.15, 0.2) is 6.29 Å². The second-order valence-corrected chi connectivity index (χ2v) is 8.55. The number of ether oxygens (including phenoxy) is 1. The maximum absolute atomic E-state index is 13.2. The van der Waals surface area contributed by atoms with Gasteiger partial charge >= 0.3 is 0 Å². The van der Waals surface area contributed by atoms with Crippen molar-refractivity contribution in [2.24, 2.45) is 0 Å². The molecule has 1 unspecified atom stereocenters. The van der Waals surface area contributed by atoms with Crippen molar-refractivity contribution in [1.82, 2.24) is 34.7 Å². The first kappa shape index (κ1) is 21.4. The predicted octanol–water partition coefficient (Wildman–Crippen LogP) is 2.55. The Labute approximate surface area is 190 Å². The zero-order valence-electron chi connectivity index (χ0n) is 18.4. The van der Waals surface area contributed by atoms with Crippen LogP contribution in [-0.2, 0) is 16.1 Å². The van der Waals surface area contributed by atoms with Crippen LogP contribution in [-0.4, -0.2) is 65.4 Å². The van der Waals surface area contributed by atoms with E-state index in [4.69, 9.17) is 4.74 Å². The molecule has 1 saturated heterocycles. The molecule has 1 fully saturated rings. The highest BCUT2D eigenvalue weighted by atomic mass is 19.1. The van der Waals surface area contributed by atoms with Crippen LogP contribution in [0.1, 0.15) is 20.3 Å². The summed E-state index contributed by atoms with van der Waals surface area (Å²) in [5.41, 5.74) is 2.26. The molecule has 170 valence electrons. The Balaban J connectivity index is 1.37. The summed E-state index contributed by atoms with van der Waals surface area (Å²) in [6.07, 6.45) is 13.2. The minimum absolute atomic E-state index is 0.0341. The Morgan fingerprint density at radius 1 is 1.24 bits per heavy atom. The number of carbonyl (C=O) groups excluding carboxylic acids is 1. The Morgan fingerprint density at radius 2 is 2.06 bits per heavy atom. The molecule has 10 heteroatoms. The first-order valence-electron chi connectivity index (χ1n) is 10.8. The van der Waals surface area contributed by atoms with Gasteiger partial charge in [0.2, 0.25) is 0 Å². The van der Waals surface area contributed by atoms with Gasteiger partial charge in [-0.3, -0.25) is 19.4 Å². The maximum atomic E-state index is 13.2. The average molecular weight is 449 g/mol. The molecule has 3 atom stereocenters. The van der Waals surface area contributed by atoms with Gasteiger partial charge in [-0.2, -0.15) is 20.1 Å². The summed E-state index contributed by atoms with van der Waals surface area (Å²) >= 11 is 0. The summed E-state index contributed by atoms with van der Waals surface area (Å²) in [6, 6.07) is 3.01. The van der Waals surface area contributed by atoms with E-state index in [0.717, 1.165) is 18.4 Å². The van der Waals surface area contributed by atoms with Crippen molar-refractivity contribution >= 4 is 12.0 Å². The highest BCUT2D eigenvalue weighted by Gasteiger charge is 2.43. The van der Waals surface area contributed by atoms with E-state index in [1.807, 2.05) is 30.0 Å². The summed E-state index contributed by atoms with van der Waals surface area (Å²) in [5, 5.41) is 12.8. The smallest absolute Gasteiger partial charge is 0.152 e. The molecular formula is C23H24FN7O2. The third-order valence-electron chi connectivity index (χ3n) is 6.08. The third kappa shape index (κ3) is 4.14. The molecule has 3 aromatic rings. The van der Waals surface area contributed by atoms with Crippen molar-refractivity contribution in [2.75, 3.05) is 6.54 Å². The predicted molar refractivity (Wildman–Crippen MR) is 118 cm³/mol. The van der Waals surface area contributed by atoms with Gasteiger partial charge in [0.1, 0.15) is 12.0 Å². The molecular weight excluding hydrogens is 425 g/mol. The number of rotatable bonds is 6. The van der Waals surface area contributed by atoms with E-state index in [1.54, 1.807) is 24.7 Å². The normalized spacial score (nSPS) is 25.7. The van der Waals surface area contributed by atoms with Crippen LogP contribution in [0.25, 0.3) is 17.0 Å². The topological polar surface area (TPSA) is 91.0 Å². The van der Waals surface area contributed by atoms with Gasteiger partial charge in [0.05, 0.1) is 48.8 Å². The van der Waals surface area contributed by atoms with E-state index in [1.165, 1.54) is 17.1 Å². The zero-order valence-corrected chi connectivity index (χ0v) is 18.4. The fraction of sp³-hybridized carbons (Fsp3) is 0.348. The van der Waals surface area contributed by atoms with Crippen molar-refractivity contribution in [3.8, 4) is 11.3 Å². The molecule has 0 bridgehead atoms. The molecule has 0 radical (unpaired) electrons. The number of hydrogen-bond donors (Lipinski definition) is 0. The quantitative estimate of drug-likeness (QED) is 0.534. The van der Waals surface area contributed by atoms with Crippen LogP contribution in [0, 0.1) is 5.82 Å². The fourth-order valence-electron chi connectivity index (χ4n) is 4.48. The number of hydrogen-bond acceptors (Lipinski definition) is 7. The lowest BCUT2D eigenvalue weighted by Gasteiger charge is -2.40. The van der Waals surface area contributed by atoms with Crippen molar-refractivity contribution in [3.05, 3.63) is 66.7 Å². The van der Waals surface area contributed by atoms with Crippen LogP contribution in [0.3, 0.4) is 0 Å². The second kappa shape index (κ2) is 8.45. The molecule has 1 aliphatic heterocycles. The molecule has 5 rings (SSSR count). The molecule has 2 aliphatic rings. The molecule has 1 aliphatic carbocycles. The van der Waals surface area contributed by atoms with Crippen LogP contribution >= 0.6 is 0 Å². The lowest BCUT2D eigenvalue weighted by atomic mass is 9.86. The van der Waals surface area contributed by atoms with Crippen LogP contribution in [0.5, 0.6) is 0 Å². The molecule has 0 spiro atoms. The lowest BCUT2D eigenvalue weighted by molar-refractivity contribution is -0.104. The Hall–Kier alpha value is -3.50. The standard InChI is InChI=1S/C23H24FN7O2/c1-16-12-30(23(2)6-5-21(17(9-23)15-32)31-26-7-8-27-31)22(33-16)14-29-13-18(10-28-29)20-4-3-19(24)11-25-20/h3-5,7-11,13,15-16,22H,6,12,14H2,1-2H3/t16-,22-,23?/m0/s1. The Kier molecular flexibility index (Phi) is 5.47. The number of halogens is 1. The van der Waals surface area contributed by atoms with Crippen LogP contribution < -0.4 is 0 Å². The summed E-state index contributed by atoms with van der Waals surface area (Å²) in [7, 11) is 0. The highest BCUT2D eigenvalue weighted by Crippen LogP contribution is 2.36. The first-order chi connectivity index (χ1) is 15.9. The number of carbonyl (C=O) groups is 1. The first-order valence-corrected chi connectivity index (χ1v) is 10.8. The van der Waals surface area contributed by atoms with E-state index in [0.29, 0.717) is 29.9 Å². The van der Waals surface area contributed by atoms with Gasteiger partial charge in [0, 0.05) is 29.4 Å². The number of aromatic nitrogens is 6. The number of aldehydes is 1. The van der Waals surface area contributed by atoms with E-state index in [2.05, 4.69) is 32.1 Å². The fourth-order valence-corrected chi connectivity index (χ4v) is 4.48. The van der Waals surface area contributed by atoms with Gasteiger partial charge in [-0.05, 0) is 32.4 Å². The second-order valence-electron chi connectivity index (χ2n) is 8.55. The number of nitrogens with zero attached hydrogens (tertiary/aromatic N) is 7. The van der Waals surface area contributed by atoms with E-state index < -0.39 is 5.54 Å².